The van der Waals surface area contributed by atoms with Crippen molar-refractivity contribution in [2.24, 2.45) is 11.7 Å². The van der Waals surface area contributed by atoms with Gasteiger partial charge in [0.15, 0.2) is 0 Å². The van der Waals surface area contributed by atoms with Crippen molar-refractivity contribution in [2.75, 3.05) is 7.05 Å². The van der Waals surface area contributed by atoms with Gasteiger partial charge in [0, 0.05) is 26.0 Å². The normalized spacial score (nSPS) is 14.1. The van der Waals surface area contributed by atoms with Crippen molar-refractivity contribution >= 4 is 5.91 Å². The minimum absolute atomic E-state index is 0.0109. The zero-order valence-electron chi connectivity index (χ0n) is 10.8. The number of likely N-dealkylation sites (N-methyl/N-ethyl adjacent to an activating group) is 1. The molecule has 0 aliphatic rings. The summed E-state index contributed by atoms with van der Waals surface area (Å²) < 4.78 is 0. The number of carbonyl (C=O) groups is 1. The fourth-order valence-electron chi connectivity index (χ4n) is 1.60. The number of hydrogen-bond donors (Lipinski definition) is 1. The molecule has 4 heteroatoms. The maximum Gasteiger partial charge on any atom is 0.239 e. The molecule has 0 fully saturated rings. The highest BCUT2D eigenvalue weighted by molar-refractivity contribution is 5.81. The summed E-state index contributed by atoms with van der Waals surface area (Å²) in [7, 11) is 1.78. The van der Waals surface area contributed by atoms with Crippen molar-refractivity contribution in [1.82, 2.24) is 9.88 Å². The molecule has 4 nitrogen and oxygen atoms in total. The van der Waals surface area contributed by atoms with Gasteiger partial charge < -0.3 is 10.6 Å². The van der Waals surface area contributed by atoms with E-state index in [0.717, 1.165) is 12.0 Å². The summed E-state index contributed by atoms with van der Waals surface area (Å²) in [6, 6.07) is 3.40. The molecule has 0 spiro atoms. The van der Waals surface area contributed by atoms with Gasteiger partial charge in [-0.3, -0.25) is 9.78 Å². The van der Waals surface area contributed by atoms with Gasteiger partial charge in [-0.25, -0.2) is 0 Å². The first-order chi connectivity index (χ1) is 8.06. The minimum atomic E-state index is -0.415. The third-order valence-corrected chi connectivity index (χ3v) is 3.06. The number of carbonyl (C=O) groups excluding carboxylic acids is 1. The lowest BCUT2D eigenvalue weighted by atomic mass is 9.99. The number of nitrogens with zero attached hydrogens (tertiary/aromatic N) is 2. The molecule has 0 saturated heterocycles. The molecule has 2 N–H and O–H groups in total. The number of amides is 1. The van der Waals surface area contributed by atoms with E-state index in [1.54, 1.807) is 24.3 Å². The summed E-state index contributed by atoms with van der Waals surface area (Å²) in [4.78, 5) is 17.7. The number of aromatic nitrogens is 1. The van der Waals surface area contributed by atoms with Crippen LogP contribution in [0.15, 0.2) is 24.5 Å². The first-order valence-corrected chi connectivity index (χ1v) is 5.95. The summed E-state index contributed by atoms with van der Waals surface area (Å²) in [5.74, 6) is 0.196. The van der Waals surface area contributed by atoms with Gasteiger partial charge in [0.2, 0.25) is 5.91 Å². The fraction of sp³-hybridized carbons (Fsp3) is 0.538. The molecule has 1 rings (SSSR count). The van der Waals surface area contributed by atoms with Crippen LogP contribution in [-0.4, -0.2) is 28.9 Å². The molecule has 1 aromatic heterocycles. The summed E-state index contributed by atoms with van der Waals surface area (Å²) in [6.07, 6.45) is 4.39. The Kier molecular flexibility index (Phi) is 5.10. The first-order valence-electron chi connectivity index (χ1n) is 5.95. The minimum Gasteiger partial charge on any atom is -0.340 e. The molecule has 17 heavy (non-hydrogen) atoms. The maximum absolute atomic E-state index is 12.0. The molecule has 1 heterocycles. The molecule has 1 amide bonds. The molecule has 0 aliphatic carbocycles. The van der Waals surface area contributed by atoms with E-state index in [-0.39, 0.29) is 11.8 Å². The Hall–Kier alpha value is -1.42. The second kappa shape index (κ2) is 6.35. The number of rotatable bonds is 5. The van der Waals surface area contributed by atoms with Gasteiger partial charge >= 0.3 is 0 Å². The van der Waals surface area contributed by atoms with Crippen molar-refractivity contribution in [3.63, 3.8) is 0 Å². The van der Waals surface area contributed by atoms with Crippen molar-refractivity contribution in [3.05, 3.63) is 30.1 Å². The van der Waals surface area contributed by atoms with Crippen LogP contribution >= 0.6 is 0 Å². The summed E-state index contributed by atoms with van der Waals surface area (Å²) >= 11 is 0. The smallest absolute Gasteiger partial charge is 0.239 e. The SMILES string of the molecule is CC[C@H](C)[C@H](N)C(=O)N(C)Cc1cccnc1. The molecule has 0 aromatic carbocycles. The Morgan fingerprint density at radius 3 is 2.82 bits per heavy atom. The van der Waals surface area contributed by atoms with E-state index in [1.165, 1.54) is 0 Å². The van der Waals surface area contributed by atoms with Crippen LogP contribution in [0.25, 0.3) is 0 Å². The van der Waals surface area contributed by atoms with E-state index >= 15 is 0 Å². The number of pyridine rings is 1. The standard InChI is InChI=1S/C13H21N3O/c1-4-10(2)12(14)13(17)16(3)9-11-6-5-7-15-8-11/h5-8,10,12H,4,9,14H2,1-3H3/t10-,12-/m0/s1. The van der Waals surface area contributed by atoms with Crippen LogP contribution in [0, 0.1) is 5.92 Å². The van der Waals surface area contributed by atoms with Crippen LogP contribution in [0.4, 0.5) is 0 Å². The second-order valence-corrected chi connectivity index (χ2v) is 4.47. The third kappa shape index (κ3) is 3.82. The lowest BCUT2D eigenvalue weighted by molar-refractivity contribution is -0.132. The highest BCUT2D eigenvalue weighted by Gasteiger charge is 2.22. The highest BCUT2D eigenvalue weighted by atomic mass is 16.2. The van der Waals surface area contributed by atoms with Crippen molar-refractivity contribution in [2.45, 2.75) is 32.9 Å². The largest absolute Gasteiger partial charge is 0.340 e. The summed E-state index contributed by atoms with van der Waals surface area (Å²) in [6.45, 7) is 4.59. The second-order valence-electron chi connectivity index (χ2n) is 4.47. The Morgan fingerprint density at radius 2 is 2.29 bits per heavy atom. The van der Waals surface area contributed by atoms with E-state index in [1.807, 2.05) is 26.0 Å². The summed E-state index contributed by atoms with van der Waals surface area (Å²) in [5.41, 5.74) is 6.93. The summed E-state index contributed by atoms with van der Waals surface area (Å²) in [5, 5.41) is 0. The molecular formula is C13H21N3O. The van der Waals surface area contributed by atoms with E-state index < -0.39 is 6.04 Å². The predicted octanol–water partition coefficient (Wildman–Crippen LogP) is 1.41. The Bertz CT molecular complexity index is 353. The zero-order chi connectivity index (χ0) is 12.8. The third-order valence-electron chi connectivity index (χ3n) is 3.06. The molecule has 0 radical (unpaired) electrons. The van der Waals surface area contributed by atoms with Gasteiger partial charge in [-0.1, -0.05) is 26.3 Å². The zero-order valence-corrected chi connectivity index (χ0v) is 10.8. The van der Waals surface area contributed by atoms with Crippen LogP contribution in [0.1, 0.15) is 25.8 Å². The number of nitrogens with two attached hydrogens (primary N) is 1. The molecule has 0 aliphatic heterocycles. The quantitative estimate of drug-likeness (QED) is 0.839. The van der Waals surface area contributed by atoms with Crippen molar-refractivity contribution in [3.8, 4) is 0 Å². The molecule has 2 atom stereocenters. The fourth-order valence-corrected chi connectivity index (χ4v) is 1.60. The lowest BCUT2D eigenvalue weighted by Gasteiger charge is -2.24. The van der Waals surface area contributed by atoms with Crippen molar-refractivity contribution in [1.29, 1.82) is 0 Å². The molecule has 0 saturated carbocycles. The van der Waals surface area contributed by atoms with Gasteiger partial charge in [0.05, 0.1) is 6.04 Å². The van der Waals surface area contributed by atoms with E-state index in [9.17, 15) is 4.79 Å². The van der Waals surface area contributed by atoms with E-state index in [2.05, 4.69) is 4.98 Å². The molecule has 94 valence electrons. The Morgan fingerprint density at radius 1 is 1.59 bits per heavy atom. The average Bonchev–Trinajstić information content (AvgIpc) is 2.37. The molecule has 1 aromatic rings. The highest BCUT2D eigenvalue weighted by Crippen LogP contribution is 2.09. The topological polar surface area (TPSA) is 59.2 Å². The van der Waals surface area contributed by atoms with E-state index in [0.29, 0.717) is 6.54 Å². The molecule has 0 bridgehead atoms. The van der Waals surface area contributed by atoms with Gasteiger partial charge in [-0.05, 0) is 17.5 Å². The van der Waals surface area contributed by atoms with E-state index in [4.69, 9.17) is 5.73 Å². The van der Waals surface area contributed by atoms with Crippen LogP contribution in [0.3, 0.4) is 0 Å². The van der Waals surface area contributed by atoms with Gasteiger partial charge in [0.25, 0.3) is 0 Å². The predicted molar refractivity (Wildman–Crippen MR) is 68.1 cm³/mol. The average molecular weight is 235 g/mol. The van der Waals surface area contributed by atoms with Gasteiger partial charge in [-0.2, -0.15) is 0 Å². The lowest BCUT2D eigenvalue weighted by Crippen LogP contribution is -2.45. The van der Waals surface area contributed by atoms with Crippen LogP contribution < -0.4 is 5.73 Å². The molecule has 0 unspecified atom stereocenters. The van der Waals surface area contributed by atoms with Gasteiger partial charge in [0.1, 0.15) is 0 Å². The maximum atomic E-state index is 12.0. The Balaban J connectivity index is 2.58. The first kappa shape index (κ1) is 13.6. The van der Waals surface area contributed by atoms with Gasteiger partial charge in [-0.15, -0.1) is 0 Å². The monoisotopic (exact) mass is 235 g/mol. The number of hydrogen-bond acceptors (Lipinski definition) is 3. The Labute approximate surface area is 103 Å². The van der Waals surface area contributed by atoms with Crippen molar-refractivity contribution < 1.29 is 4.79 Å². The van der Waals surface area contributed by atoms with Crippen LogP contribution in [0.5, 0.6) is 0 Å². The molecular weight excluding hydrogens is 214 g/mol. The van der Waals surface area contributed by atoms with Crippen LogP contribution in [0.2, 0.25) is 0 Å². The van der Waals surface area contributed by atoms with Crippen LogP contribution in [-0.2, 0) is 11.3 Å².